The second-order valence-electron chi connectivity index (χ2n) is 5.62. The number of fused-ring (bicyclic) bond motifs is 1. The summed E-state index contributed by atoms with van der Waals surface area (Å²) in [6.45, 7) is 4.62. The number of nitrogens with one attached hydrogen (secondary N) is 2. The van der Waals surface area contributed by atoms with E-state index in [0.717, 1.165) is 16.3 Å². The van der Waals surface area contributed by atoms with Crippen molar-refractivity contribution in [2.45, 2.75) is 26.4 Å². The third-order valence-corrected chi connectivity index (χ3v) is 4.45. The van der Waals surface area contributed by atoms with Crippen molar-refractivity contribution >= 4 is 23.0 Å². The molecule has 3 heterocycles. The predicted molar refractivity (Wildman–Crippen MR) is 90.3 cm³/mol. The lowest BCUT2D eigenvalue weighted by molar-refractivity contribution is 0.231. The van der Waals surface area contributed by atoms with Gasteiger partial charge in [0.2, 0.25) is 0 Å². The monoisotopic (exact) mass is 329 g/mol. The van der Waals surface area contributed by atoms with Gasteiger partial charge in [-0.15, -0.1) is 21.5 Å². The van der Waals surface area contributed by atoms with E-state index in [1.54, 1.807) is 11.3 Å². The maximum atomic E-state index is 12.2. The van der Waals surface area contributed by atoms with Crippen LogP contribution in [0.15, 0.2) is 41.9 Å². The fourth-order valence-corrected chi connectivity index (χ4v) is 3.02. The molecule has 0 saturated heterocycles. The Bertz CT molecular complexity index is 781. The summed E-state index contributed by atoms with van der Waals surface area (Å²) in [6.07, 6.45) is 1.91. The second kappa shape index (κ2) is 6.78. The van der Waals surface area contributed by atoms with Crippen LogP contribution >= 0.6 is 11.3 Å². The number of amides is 2. The lowest BCUT2D eigenvalue weighted by Crippen LogP contribution is -2.40. The van der Waals surface area contributed by atoms with Gasteiger partial charge in [0.1, 0.15) is 0 Å². The van der Waals surface area contributed by atoms with Gasteiger partial charge in [-0.2, -0.15) is 0 Å². The van der Waals surface area contributed by atoms with Gasteiger partial charge in [0, 0.05) is 11.1 Å². The summed E-state index contributed by atoms with van der Waals surface area (Å²) >= 11 is 1.62. The number of aromatic nitrogens is 3. The molecule has 0 bridgehead atoms. The van der Waals surface area contributed by atoms with Gasteiger partial charge in [-0.25, -0.2) is 4.79 Å². The molecule has 3 aromatic heterocycles. The average molecular weight is 329 g/mol. The molecule has 0 unspecified atom stereocenters. The molecule has 0 radical (unpaired) electrons. The van der Waals surface area contributed by atoms with E-state index in [1.807, 2.05) is 60.2 Å². The predicted octanol–water partition coefficient (Wildman–Crippen LogP) is 2.99. The van der Waals surface area contributed by atoms with Crippen molar-refractivity contribution < 1.29 is 4.79 Å². The van der Waals surface area contributed by atoms with Crippen molar-refractivity contribution in [2.24, 2.45) is 5.92 Å². The van der Waals surface area contributed by atoms with Crippen LogP contribution in [-0.4, -0.2) is 20.6 Å². The van der Waals surface area contributed by atoms with Gasteiger partial charge in [-0.1, -0.05) is 26.0 Å². The zero-order valence-corrected chi connectivity index (χ0v) is 13.9. The Balaban J connectivity index is 1.73. The number of rotatable bonds is 5. The molecule has 0 aliphatic rings. The number of pyridine rings is 1. The number of hydrogen-bond acceptors (Lipinski definition) is 4. The van der Waals surface area contributed by atoms with E-state index in [2.05, 4.69) is 20.8 Å². The van der Waals surface area contributed by atoms with E-state index in [0.29, 0.717) is 6.54 Å². The maximum Gasteiger partial charge on any atom is 0.315 e. The van der Waals surface area contributed by atoms with Crippen LogP contribution in [0.25, 0.3) is 5.65 Å². The standard InChI is InChI=1S/C16H19N5OS/c1-11(2)14(15-20-19-13-7-3-4-8-21(13)15)18-16(22)17-10-12-6-5-9-23-12/h3-9,11,14H,10H2,1-2H3,(H2,17,18,22)/t14-/m1/s1. The lowest BCUT2D eigenvalue weighted by Gasteiger charge is -2.21. The largest absolute Gasteiger partial charge is 0.333 e. The second-order valence-corrected chi connectivity index (χ2v) is 6.65. The first kappa shape index (κ1) is 15.5. The minimum Gasteiger partial charge on any atom is -0.333 e. The molecule has 120 valence electrons. The Labute approximate surface area is 138 Å². The zero-order chi connectivity index (χ0) is 16.2. The summed E-state index contributed by atoms with van der Waals surface area (Å²) in [5.41, 5.74) is 0.772. The van der Waals surface area contributed by atoms with Crippen LogP contribution in [0.3, 0.4) is 0 Å². The van der Waals surface area contributed by atoms with Crippen LogP contribution < -0.4 is 10.6 Å². The quantitative estimate of drug-likeness (QED) is 0.756. The summed E-state index contributed by atoms with van der Waals surface area (Å²) in [4.78, 5) is 13.3. The number of nitrogens with zero attached hydrogens (tertiary/aromatic N) is 3. The first-order valence-corrected chi connectivity index (χ1v) is 8.39. The number of thiophene rings is 1. The fourth-order valence-electron chi connectivity index (χ4n) is 2.37. The summed E-state index contributed by atoms with van der Waals surface area (Å²) in [5, 5.41) is 16.3. The third-order valence-electron chi connectivity index (χ3n) is 3.57. The molecule has 0 aliphatic heterocycles. The molecule has 0 fully saturated rings. The van der Waals surface area contributed by atoms with E-state index in [-0.39, 0.29) is 18.0 Å². The van der Waals surface area contributed by atoms with Gasteiger partial charge >= 0.3 is 6.03 Å². The van der Waals surface area contributed by atoms with E-state index in [4.69, 9.17) is 0 Å². The smallest absolute Gasteiger partial charge is 0.315 e. The fraction of sp³-hybridized carbons (Fsp3) is 0.312. The Hall–Kier alpha value is -2.41. The molecule has 6 nitrogen and oxygen atoms in total. The van der Waals surface area contributed by atoms with Crippen LogP contribution in [0.5, 0.6) is 0 Å². The third kappa shape index (κ3) is 3.50. The first-order valence-electron chi connectivity index (χ1n) is 7.51. The topological polar surface area (TPSA) is 71.3 Å². The molecular weight excluding hydrogens is 310 g/mol. The molecule has 0 aromatic carbocycles. The van der Waals surface area contributed by atoms with Gasteiger partial charge in [0.15, 0.2) is 11.5 Å². The molecule has 1 atom stereocenters. The van der Waals surface area contributed by atoms with Crippen LogP contribution in [0, 0.1) is 5.92 Å². The van der Waals surface area contributed by atoms with Crippen LogP contribution in [-0.2, 0) is 6.54 Å². The lowest BCUT2D eigenvalue weighted by atomic mass is 10.0. The number of carbonyl (C=O) groups is 1. The van der Waals surface area contributed by atoms with Gasteiger partial charge in [0.25, 0.3) is 0 Å². The van der Waals surface area contributed by atoms with Crippen molar-refractivity contribution in [3.05, 3.63) is 52.6 Å². The minimum atomic E-state index is -0.212. The maximum absolute atomic E-state index is 12.2. The van der Waals surface area contributed by atoms with Crippen LogP contribution in [0.2, 0.25) is 0 Å². The molecule has 23 heavy (non-hydrogen) atoms. The Morgan fingerprint density at radius 3 is 2.87 bits per heavy atom. The van der Waals surface area contributed by atoms with Crippen LogP contribution in [0.4, 0.5) is 4.79 Å². The molecule has 2 amide bonds. The normalized spacial score (nSPS) is 12.5. The zero-order valence-electron chi connectivity index (χ0n) is 13.1. The molecule has 0 spiro atoms. The summed E-state index contributed by atoms with van der Waals surface area (Å²) in [6, 6.07) is 9.29. The van der Waals surface area contributed by atoms with Gasteiger partial charge in [-0.3, -0.25) is 4.40 Å². The molecule has 0 aliphatic carbocycles. The van der Waals surface area contributed by atoms with Crippen molar-refractivity contribution in [1.29, 1.82) is 0 Å². The van der Waals surface area contributed by atoms with Crippen molar-refractivity contribution in [1.82, 2.24) is 25.2 Å². The molecule has 0 saturated carbocycles. The average Bonchev–Trinajstić information content (AvgIpc) is 3.20. The Morgan fingerprint density at radius 2 is 2.13 bits per heavy atom. The molecule has 7 heteroatoms. The van der Waals surface area contributed by atoms with Gasteiger partial charge < -0.3 is 10.6 Å². The molecule has 2 N–H and O–H groups in total. The summed E-state index contributed by atoms with van der Waals surface area (Å²) < 4.78 is 1.91. The minimum absolute atomic E-state index is 0.190. The van der Waals surface area contributed by atoms with Gasteiger partial charge in [-0.05, 0) is 29.5 Å². The molecule has 3 aromatic rings. The van der Waals surface area contributed by atoms with Crippen molar-refractivity contribution in [3.63, 3.8) is 0 Å². The van der Waals surface area contributed by atoms with E-state index >= 15 is 0 Å². The van der Waals surface area contributed by atoms with Crippen molar-refractivity contribution in [2.75, 3.05) is 0 Å². The highest BCUT2D eigenvalue weighted by Crippen LogP contribution is 2.20. The summed E-state index contributed by atoms with van der Waals surface area (Å²) in [7, 11) is 0. The number of urea groups is 1. The van der Waals surface area contributed by atoms with Crippen LogP contribution in [0.1, 0.15) is 30.6 Å². The Morgan fingerprint density at radius 1 is 1.26 bits per heavy atom. The summed E-state index contributed by atoms with van der Waals surface area (Å²) in [5.74, 6) is 0.928. The highest BCUT2D eigenvalue weighted by molar-refractivity contribution is 7.09. The Kier molecular flexibility index (Phi) is 4.57. The van der Waals surface area contributed by atoms with E-state index < -0.39 is 0 Å². The van der Waals surface area contributed by atoms with E-state index in [9.17, 15) is 4.79 Å². The highest BCUT2D eigenvalue weighted by atomic mass is 32.1. The van der Waals surface area contributed by atoms with Crippen molar-refractivity contribution in [3.8, 4) is 0 Å². The van der Waals surface area contributed by atoms with E-state index in [1.165, 1.54) is 0 Å². The first-order chi connectivity index (χ1) is 11.1. The highest BCUT2D eigenvalue weighted by Gasteiger charge is 2.23. The number of carbonyl (C=O) groups excluding carboxylic acids is 1. The molecule has 3 rings (SSSR count). The SMILES string of the molecule is CC(C)[C@@H](NC(=O)NCc1cccs1)c1nnc2ccccn12. The molecular formula is C16H19N5OS. The van der Waals surface area contributed by atoms with Gasteiger partial charge in [0.05, 0.1) is 12.6 Å². The number of hydrogen-bond donors (Lipinski definition) is 2.